The highest BCUT2D eigenvalue weighted by molar-refractivity contribution is 9.10. The lowest BCUT2D eigenvalue weighted by molar-refractivity contribution is 0.102. The second-order valence-electron chi connectivity index (χ2n) is 2.44. The summed E-state index contributed by atoms with van der Waals surface area (Å²) < 4.78 is 5.88. The number of rotatable bonds is 3. The average Bonchev–Trinajstić information content (AvgIpc) is 2.15. The molecule has 0 atom stereocenters. The molecule has 2 nitrogen and oxygen atoms in total. The highest BCUT2D eigenvalue weighted by atomic mass is 79.9. The van der Waals surface area contributed by atoms with Crippen molar-refractivity contribution >= 4 is 37.6 Å². The molecule has 0 radical (unpaired) electrons. The zero-order valence-electron chi connectivity index (χ0n) is 7.01. The van der Waals surface area contributed by atoms with E-state index in [1.54, 1.807) is 19.2 Å². The van der Waals surface area contributed by atoms with Crippen molar-refractivity contribution in [2.75, 3.05) is 12.4 Å². The van der Waals surface area contributed by atoms with Crippen molar-refractivity contribution in [1.29, 1.82) is 0 Å². The van der Waals surface area contributed by atoms with Gasteiger partial charge in [-0.25, -0.2) is 0 Å². The normalized spacial score (nSPS) is 9.77. The molecule has 0 bridgehead atoms. The highest BCUT2D eigenvalue weighted by Gasteiger charge is 2.06. The van der Waals surface area contributed by atoms with Gasteiger partial charge in [-0.3, -0.25) is 4.79 Å². The Kier molecular flexibility index (Phi) is 3.93. The zero-order valence-corrected chi connectivity index (χ0v) is 10.2. The number of methoxy groups -OCH3 is 1. The van der Waals surface area contributed by atoms with Gasteiger partial charge in [-0.15, -0.1) is 0 Å². The summed E-state index contributed by atoms with van der Waals surface area (Å²) in [5, 5.41) is 0.326. The maximum atomic E-state index is 11.3. The molecule has 1 rings (SSSR count). The number of alkyl halides is 1. The summed E-state index contributed by atoms with van der Waals surface area (Å²) >= 11 is 6.42. The predicted molar refractivity (Wildman–Crippen MR) is 58.8 cm³/mol. The third-order valence-corrected chi connectivity index (χ3v) is 2.52. The molecule has 1 aromatic carbocycles. The van der Waals surface area contributed by atoms with Crippen molar-refractivity contribution in [2.45, 2.75) is 0 Å². The second kappa shape index (κ2) is 4.77. The molecule has 0 saturated heterocycles. The summed E-state index contributed by atoms with van der Waals surface area (Å²) in [5.41, 5.74) is 0.642. The van der Waals surface area contributed by atoms with E-state index in [4.69, 9.17) is 4.74 Å². The molecule has 70 valence electrons. The van der Waals surface area contributed by atoms with Gasteiger partial charge in [0, 0.05) is 10.0 Å². The van der Waals surface area contributed by atoms with Gasteiger partial charge in [-0.05, 0) is 18.2 Å². The second-order valence-corrected chi connectivity index (χ2v) is 3.91. The molecule has 0 aliphatic rings. The van der Waals surface area contributed by atoms with Crippen LogP contribution in [0.15, 0.2) is 22.7 Å². The fraction of sp³-hybridized carbons (Fsp3) is 0.222. The van der Waals surface area contributed by atoms with Crippen LogP contribution in [0, 0.1) is 0 Å². The van der Waals surface area contributed by atoms with Crippen LogP contribution in [0.25, 0.3) is 0 Å². The fourth-order valence-electron chi connectivity index (χ4n) is 0.919. The summed E-state index contributed by atoms with van der Waals surface area (Å²) in [6, 6.07) is 5.30. The first-order chi connectivity index (χ1) is 6.17. The van der Waals surface area contributed by atoms with Gasteiger partial charge in [0.2, 0.25) is 0 Å². The third kappa shape index (κ3) is 2.81. The number of hydrogen-bond donors (Lipinski definition) is 0. The van der Waals surface area contributed by atoms with E-state index in [1.807, 2.05) is 6.07 Å². The molecule has 4 heteroatoms. The summed E-state index contributed by atoms with van der Waals surface area (Å²) in [7, 11) is 1.57. The standard InChI is InChI=1S/C9H8Br2O2/c1-13-8-3-6(9(12)5-10)2-7(11)4-8/h2-4H,5H2,1H3. The average molecular weight is 308 g/mol. The van der Waals surface area contributed by atoms with Crippen LogP contribution in [0.4, 0.5) is 0 Å². The minimum atomic E-state index is 0.0413. The smallest absolute Gasteiger partial charge is 0.173 e. The Morgan fingerprint density at radius 3 is 2.69 bits per heavy atom. The zero-order chi connectivity index (χ0) is 9.84. The largest absolute Gasteiger partial charge is 0.497 e. The number of carbonyl (C=O) groups is 1. The van der Waals surface area contributed by atoms with Crippen molar-refractivity contribution < 1.29 is 9.53 Å². The lowest BCUT2D eigenvalue weighted by Crippen LogP contribution is -2.00. The Hall–Kier alpha value is -0.350. The van der Waals surface area contributed by atoms with Crippen LogP contribution < -0.4 is 4.74 Å². The molecule has 0 aliphatic carbocycles. The molecular weight excluding hydrogens is 300 g/mol. The van der Waals surface area contributed by atoms with Gasteiger partial charge in [0.1, 0.15) is 5.75 Å². The first kappa shape index (κ1) is 10.7. The predicted octanol–water partition coefficient (Wildman–Crippen LogP) is 3.04. The van der Waals surface area contributed by atoms with Crippen LogP contribution in [0.5, 0.6) is 5.75 Å². The molecule has 1 aromatic rings. The molecule has 0 N–H and O–H groups in total. The molecule has 0 saturated carbocycles. The number of Topliss-reactive ketones (excluding diaryl/α,β-unsaturated/α-hetero) is 1. The van der Waals surface area contributed by atoms with Gasteiger partial charge in [-0.2, -0.15) is 0 Å². The third-order valence-electron chi connectivity index (χ3n) is 1.55. The molecule has 0 heterocycles. The van der Waals surface area contributed by atoms with Crippen LogP contribution in [0.3, 0.4) is 0 Å². The maximum absolute atomic E-state index is 11.3. The van der Waals surface area contributed by atoms with Crippen molar-refractivity contribution in [1.82, 2.24) is 0 Å². The van der Waals surface area contributed by atoms with E-state index in [0.717, 1.165) is 4.47 Å². The van der Waals surface area contributed by atoms with E-state index < -0.39 is 0 Å². The molecule has 0 aromatic heterocycles. The number of benzene rings is 1. The van der Waals surface area contributed by atoms with Crippen LogP contribution in [-0.2, 0) is 0 Å². The number of carbonyl (C=O) groups excluding carboxylic acids is 1. The summed E-state index contributed by atoms with van der Waals surface area (Å²) in [6.07, 6.45) is 0. The van der Waals surface area contributed by atoms with Gasteiger partial charge in [-0.1, -0.05) is 31.9 Å². The molecule has 0 spiro atoms. The lowest BCUT2D eigenvalue weighted by atomic mass is 10.1. The molecule has 0 unspecified atom stereocenters. The number of hydrogen-bond acceptors (Lipinski definition) is 2. The Morgan fingerprint density at radius 2 is 2.15 bits per heavy atom. The summed E-state index contributed by atoms with van der Waals surface area (Å²) in [6.45, 7) is 0. The Bertz CT molecular complexity index is 323. The Labute approximate surface area is 93.5 Å². The fourth-order valence-corrected chi connectivity index (χ4v) is 1.71. The van der Waals surface area contributed by atoms with Crippen molar-refractivity contribution in [2.24, 2.45) is 0 Å². The summed E-state index contributed by atoms with van der Waals surface area (Å²) in [5.74, 6) is 0.721. The minimum Gasteiger partial charge on any atom is -0.497 e. The van der Waals surface area contributed by atoms with E-state index in [0.29, 0.717) is 16.6 Å². The van der Waals surface area contributed by atoms with Gasteiger partial charge in [0.25, 0.3) is 0 Å². The van der Waals surface area contributed by atoms with Gasteiger partial charge < -0.3 is 4.74 Å². The Morgan fingerprint density at radius 1 is 1.46 bits per heavy atom. The molecule has 0 aliphatic heterocycles. The number of halogens is 2. The van der Waals surface area contributed by atoms with E-state index in [-0.39, 0.29) is 5.78 Å². The van der Waals surface area contributed by atoms with E-state index in [1.165, 1.54) is 0 Å². The monoisotopic (exact) mass is 306 g/mol. The van der Waals surface area contributed by atoms with Crippen LogP contribution >= 0.6 is 31.9 Å². The topological polar surface area (TPSA) is 26.3 Å². The number of ketones is 1. The van der Waals surface area contributed by atoms with E-state index in [2.05, 4.69) is 31.9 Å². The summed E-state index contributed by atoms with van der Waals surface area (Å²) in [4.78, 5) is 11.3. The van der Waals surface area contributed by atoms with Crippen LogP contribution in [0.1, 0.15) is 10.4 Å². The van der Waals surface area contributed by atoms with E-state index in [9.17, 15) is 4.79 Å². The van der Waals surface area contributed by atoms with Crippen molar-refractivity contribution in [3.8, 4) is 5.75 Å². The van der Waals surface area contributed by atoms with Crippen LogP contribution in [0.2, 0.25) is 0 Å². The molecule has 13 heavy (non-hydrogen) atoms. The lowest BCUT2D eigenvalue weighted by Gasteiger charge is -2.03. The highest BCUT2D eigenvalue weighted by Crippen LogP contribution is 2.21. The van der Waals surface area contributed by atoms with Gasteiger partial charge in [0.05, 0.1) is 12.4 Å². The van der Waals surface area contributed by atoms with Crippen molar-refractivity contribution in [3.05, 3.63) is 28.2 Å². The first-order valence-corrected chi connectivity index (χ1v) is 5.52. The van der Waals surface area contributed by atoms with Gasteiger partial charge >= 0.3 is 0 Å². The van der Waals surface area contributed by atoms with Crippen molar-refractivity contribution in [3.63, 3.8) is 0 Å². The minimum absolute atomic E-state index is 0.0413. The van der Waals surface area contributed by atoms with Gasteiger partial charge in [0.15, 0.2) is 5.78 Å². The molecular formula is C9H8Br2O2. The van der Waals surface area contributed by atoms with Crippen LogP contribution in [-0.4, -0.2) is 18.2 Å². The molecule has 0 amide bonds. The molecule has 0 fully saturated rings. The number of ether oxygens (including phenoxy) is 1. The first-order valence-electron chi connectivity index (χ1n) is 3.61. The maximum Gasteiger partial charge on any atom is 0.173 e. The SMILES string of the molecule is COc1cc(Br)cc(C(=O)CBr)c1. The Balaban J connectivity index is 3.08. The quantitative estimate of drug-likeness (QED) is 0.634. The van der Waals surface area contributed by atoms with E-state index >= 15 is 0 Å².